The molecule has 1 saturated heterocycles. The minimum Gasteiger partial charge on any atom is -0.340 e. The molecule has 158 valence electrons. The van der Waals surface area contributed by atoms with E-state index in [4.69, 9.17) is 0 Å². The number of amides is 3. The Balaban J connectivity index is 1.61. The summed E-state index contributed by atoms with van der Waals surface area (Å²) in [4.78, 5) is 41.9. The third-order valence-electron chi connectivity index (χ3n) is 5.40. The highest BCUT2D eigenvalue weighted by Crippen LogP contribution is 2.13. The van der Waals surface area contributed by atoms with Crippen molar-refractivity contribution in [2.45, 2.75) is 26.8 Å². The maximum absolute atomic E-state index is 13.1. The average molecular weight is 408 g/mol. The van der Waals surface area contributed by atoms with Gasteiger partial charge in [0.25, 0.3) is 11.8 Å². The van der Waals surface area contributed by atoms with Crippen molar-refractivity contribution in [2.24, 2.45) is 5.92 Å². The first-order valence-electron chi connectivity index (χ1n) is 10.4. The van der Waals surface area contributed by atoms with Gasteiger partial charge in [0.1, 0.15) is 6.04 Å². The van der Waals surface area contributed by atoms with E-state index < -0.39 is 6.04 Å². The van der Waals surface area contributed by atoms with Gasteiger partial charge in [-0.3, -0.25) is 14.4 Å². The van der Waals surface area contributed by atoms with Gasteiger partial charge in [-0.2, -0.15) is 0 Å². The molecule has 6 nitrogen and oxygen atoms in total. The molecular weight excluding hydrogens is 378 g/mol. The SMILES string of the molecule is Cc1cccc(C(=O)NC(C(=O)N2CCN(C(=O)c3ccccc3)CC2)C(C)C)c1. The van der Waals surface area contributed by atoms with Gasteiger partial charge in [-0.1, -0.05) is 49.7 Å². The Morgan fingerprint density at radius 2 is 1.43 bits per heavy atom. The summed E-state index contributed by atoms with van der Waals surface area (Å²) >= 11 is 0. The minimum atomic E-state index is -0.602. The van der Waals surface area contributed by atoms with E-state index in [-0.39, 0.29) is 23.6 Å². The molecule has 1 heterocycles. The molecule has 3 amide bonds. The summed E-state index contributed by atoms with van der Waals surface area (Å²) < 4.78 is 0. The number of carbonyl (C=O) groups is 3. The van der Waals surface area contributed by atoms with Gasteiger partial charge in [0.15, 0.2) is 0 Å². The van der Waals surface area contributed by atoms with Crippen molar-refractivity contribution in [1.82, 2.24) is 15.1 Å². The summed E-state index contributed by atoms with van der Waals surface area (Å²) in [7, 11) is 0. The van der Waals surface area contributed by atoms with Crippen molar-refractivity contribution in [2.75, 3.05) is 26.2 Å². The van der Waals surface area contributed by atoms with Crippen molar-refractivity contribution in [3.63, 3.8) is 0 Å². The Morgan fingerprint density at radius 3 is 2.03 bits per heavy atom. The van der Waals surface area contributed by atoms with E-state index in [2.05, 4.69) is 5.32 Å². The molecule has 0 spiro atoms. The highest BCUT2D eigenvalue weighted by atomic mass is 16.2. The van der Waals surface area contributed by atoms with Crippen molar-refractivity contribution in [1.29, 1.82) is 0 Å². The van der Waals surface area contributed by atoms with Gasteiger partial charge >= 0.3 is 0 Å². The van der Waals surface area contributed by atoms with Gasteiger partial charge in [0.05, 0.1) is 0 Å². The Labute approximate surface area is 177 Å². The number of rotatable bonds is 5. The van der Waals surface area contributed by atoms with Gasteiger partial charge < -0.3 is 15.1 Å². The highest BCUT2D eigenvalue weighted by molar-refractivity contribution is 5.98. The fourth-order valence-corrected chi connectivity index (χ4v) is 3.61. The molecule has 30 heavy (non-hydrogen) atoms. The van der Waals surface area contributed by atoms with Crippen LogP contribution < -0.4 is 5.32 Å². The van der Waals surface area contributed by atoms with Gasteiger partial charge in [0.2, 0.25) is 5.91 Å². The van der Waals surface area contributed by atoms with E-state index in [9.17, 15) is 14.4 Å². The molecule has 1 aliphatic heterocycles. The molecule has 2 aromatic carbocycles. The molecule has 1 aliphatic rings. The summed E-state index contributed by atoms with van der Waals surface area (Å²) in [6.07, 6.45) is 0. The topological polar surface area (TPSA) is 69.7 Å². The van der Waals surface area contributed by atoms with Crippen LogP contribution in [0.1, 0.15) is 40.1 Å². The molecule has 1 atom stereocenters. The van der Waals surface area contributed by atoms with E-state index >= 15 is 0 Å². The standard InChI is InChI=1S/C24H29N3O3/c1-17(2)21(25-22(28)20-11-7-8-18(3)16-20)24(30)27-14-12-26(13-15-27)23(29)19-9-5-4-6-10-19/h4-11,16-17,21H,12-15H2,1-3H3,(H,25,28). The number of nitrogens with one attached hydrogen (secondary N) is 1. The summed E-state index contributed by atoms with van der Waals surface area (Å²) in [5.41, 5.74) is 2.20. The minimum absolute atomic E-state index is 0.0177. The van der Waals surface area contributed by atoms with E-state index in [1.807, 2.05) is 57.2 Å². The predicted octanol–water partition coefficient (Wildman–Crippen LogP) is 2.73. The molecule has 1 fully saturated rings. The van der Waals surface area contributed by atoms with E-state index in [0.717, 1.165) is 5.56 Å². The van der Waals surface area contributed by atoms with Crippen LogP contribution in [-0.4, -0.2) is 59.7 Å². The summed E-state index contributed by atoms with van der Waals surface area (Å²) in [5.74, 6) is -0.410. The number of hydrogen-bond donors (Lipinski definition) is 1. The Bertz CT molecular complexity index is 903. The summed E-state index contributed by atoms with van der Waals surface area (Å²) in [6.45, 7) is 7.66. The number of carbonyl (C=O) groups excluding carboxylic acids is 3. The molecule has 1 unspecified atom stereocenters. The summed E-state index contributed by atoms with van der Waals surface area (Å²) in [6, 6.07) is 15.9. The van der Waals surface area contributed by atoms with Crippen LogP contribution in [0.3, 0.4) is 0 Å². The van der Waals surface area contributed by atoms with Gasteiger partial charge in [0, 0.05) is 37.3 Å². The highest BCUT2D eigenvalue weighted by Gasteiger charge is 2.32. The number of piperazine rings is 1. The zero-order valence-corrected chi connectivity index (χ0v) is 17.8. The van der Waals surface area contributed by atoms with Crippen molar-refractivity contribution < 1.29 is 14.4 Å². The van der Waals surface area contributed by atoms with Crippen molar-refractivity contribution in [3.05, 3.63) is 71.3 Å². The molecule has 6 heteroatoms. The monoisotopic (exact) mass is 407 g/mol. The average Bonchev–Trinajstić information content (AvgIpc) is 2.77. The first kappa shape index (κ1) is 21.6. The molecule has 0 aliphatic carbocycles. The van der Waals surface area contributed by atoms with Crippen LogP contribution in [0.2, 0.25) is 0 Å². The molecule has 0 bridgehead atoms. The molecule has 0 saturated carbocycles. The molecule has 1 N–H and O–H groups in total. The maximum Gasteiger partial charge on any atom is 0.253 e. The third-order valence-corrected chi connectivity index (χ3v) is 5.40. The fourth-order valence-electron chi connectivity index (χ4n) is 3.61. The Morgan fingerprint density at radius 1 is 0.833 bits per heavy atom. The van der Waals surface area contributed by atoms with Gasteiger partial charge in [-0.05, 0) is 37.1 Å². The number of hydrogen-bond acceptors (Lipinski definition) is 3. The maximum atomic E-state index is 13.1. The van der Waals surface area contributed by atoms with Crippen molar-refractivity contribution in [3.8, 4) is 0 Å². The first-order chi connectivity index (χ1) is 14.4. The van der Waals surface area contributed by atoms with Crippen LogP contribution in [0, 0.1) is 12.8 Å². The lowest BCUT2D eigenvalue weighted by molar-refractivity contribution is -0.135. The van der Waals surface area contributed by atoms with Crippen LogP contribution in [0.4, 0.5) is 0 Å². The normalized spacial score (nSPS) is 15.1. The quantitative estimate of drug-likeness (QED) is 0.829. The van der Waals surface area contributed by atoms with Crippen LogP contribution in [0.25, 0.3) is 0 Å². The number of aryl methyl sites for hydroxylation is 1. The van der Waals surface area contributed by atoms with E-state index in [1.54, 1.807) is 28.0 Å². The van der Waals surface area contributed by atoms with Crippen LogP contribution >= 0.6 is 0 Å². The van der Waals surface area contributed by atoms with Crippen LogP contribution in [0.15, 0.2) is 54.6 Å². The second-order valence-electron chi connectivity index (χ2n) is 8.05. The van der Waals surface area contributed by atoms with Crippen molar-refractivity contribution >= 4 is 17.7 Å². The molecule has 3 rings (SSSR count). The van der Waals surface area contributed by atoms with Crippen LogP contribution in [0.5, 0.6) is 0 Å². The lowest BCUT2D eigenvalue weighted by atomic mass is 10.0. The van der Waals surface area contributed by atoms with E-state index in [1.165, 1.54) is 0 Å². The Kier molecular flexibility index (Phi) is 6.87. The third kappa shape index (κ3) is 5.06. The van der Waals surface area contributed by atoms with E-state index in [0.29, 0.717) is 37.3 Å². The van der Waals surface area contributed by atoms with Gasteiger partial charge in [-0.25, -0.2) is 0 Å². The molecular formula is C24H29N3O3. The second kappa shape index (κ2) is 9.57. The number of nitrogens with zero attached hydrogens (tertiary/aromatic N) is 2. The zero-order chi connectivity index (χ0) is 21.7. The smallest absolute Gasteiger partial charge is 0.253 e. The fraction of sp³-hybridized carbons (Fsp3) is 0.375. The lowest BCUT2D eigenvalue weighted by Gasteiger charge is -2.37. The Hall–Kier alpha value is -3.15. The van der Waals surface area contributed by atoms with Gasteiger partial charge in [-0.15, -0.1) is 0 Å². The lowest BCUT2D eigenvalue weighted by Crippen LogP contribution is -2.57. The predicted molar refractivity (Wildman–Crippen MR) is 116 cm³/mol. The zero-order valence-electron chi connectivity index (χ0n) is 17.8. The molecule has 2 aromatic rings. The first-order valence-corrected chi connectivity index (χ1v) is 10.4. The number of benzene rings is 2. The largest absolute Gasteiger partial charge is 0.340 e. The summed E-state index contributed by atoms with van der Waals surface area (Å²) in [5, 5.41) is 2.91. The second-order valence-corrected chi connectivity index (χ2v) is 8.05. The molecule has 0 aromatic heterocycles. The molecule has 0 radical (unpaired) electrons. The van der Waals surface area contributed by atoms with Crippen LogP contribution in [-0.2, 0) is 4.79 Å².